The van der Waals surface area contributed by atoms with E-state index in [1.165, 1.54) is 18.2 Å². The van der Waals surface area contributed by atoms with E-state index in [0.717, 1.165) is 0 Å². The molecule has 0 unspecified atom stereocenters. The molecule has 2 aromatic rings. The summed E-state index contributed by atoms with van der Waals surface area (Å²) < 4.78 is 36.0. The molecular formula is C15H17F2N3O3. The number of hydrogen-bond donors (Lipinski definition) is 1. The number of alkyl halides is 2. The average molecular weight is 325 g/mol. The summed E-state index contributed by atoms with van der Waals surface area (Å²) in [5.74, 6) is -0.359. The van der Waals surface area contributed by atoms with Crippen molar-refractivity contribution in [3.63, 3.8) is 0 Å². The van der Waals surface area contributed by atoms with Crippen molar-refractivity contribution < 1.29 is 23.0 Å². The van der Waals surface area contributed by atoms with Crippen LogP contribution in [-0.4, -0.2) is 28.9 Å². The van der Waals surface area contributed by atoms with Gasteiger partial charge in [0.2, 0.25) is 0 Å². The van der Waals surface area contributed by atoms with Crippen molar-refractivity contribution in [3.05, 3.63) is 36.2 Å². The first-order chi connectivity index (χ1) is 11.0. The zero-order valence-corrected chi connectivity index (χ0v) is 12.8. The predicted octanol–water partition coefficient (Wildman–Crippen LogP) is 3.16. The fraction of sp³-hybridized carbons (Fsp3) is 0.333. The lowest BCUT2D eigenvalue weighted by molar-refractivity contribution is -0.0514. The molecule has 124 valence electrons. The summed E-state index contributed by atoms with van der Waals surface area (Å²) in [7, 11) is 0. The minimum atomic E-state index is -2.95. The number of carbonyl (C=O) groups excluding carboxylic acids is 1. The number of ether oxygens (including phenoxy) is 2. The Kier molecular flexibility index (Phi) is 5.51. The summed E-state index contributed by atoms with van der Waals surface area (Å²) in [5, 5.41) is 6.73. The van der Waals surface area contributed by atoms with E-state index in [9.17, 15) is 13.6 Å². The number of anilines is 1. The average Bonchev–Trinajstić information content (AvgIpc) is 2.99. The number of halogens is 2. The van der Waals surface area contributed by atoms with Crippen LogP contribution in [-0.2, 0) is 6.54 Å². The van der Waals surface area contributed by atoms with E-state index in [1.54, 1.807) is 23.9 Å². The summed E-state index contributed by atoms with van der Waals surface area (Å²) in [5.41, 5.74) is 0.656. The molecular weight excluding hydrogens is 308 g/mol. The Morgan fingerprint density at radius 1 is 1.30 bits per heavy atom. The number of amides is 1. The maximum Gasteiger partial charge on any atom is 0.387 e. The second kappa shape index (κ2) is 7.57. The van der Waals surface area contributed by atoms with Gasteiger partial charge in [-0.25, -0.2) is 0 Å². The molecule has 1 amide bonds. The molecule has 0 radical (unpaired) electrons. The molecule has 0 bridgehead atoms. The standard InChI is InChI=1S/C15H17F2N3O3/c1-3-20-8-7-11(19-20)14(21)18-10-5-6-12(23-15(16)17)13(9-10)22-4-2/h5-9,15H,3-4H2,1-2H3,(H,18,21). The highest BCUT2D eigenvalue weighted by Gasteiger charge is 2.14. The molecule has 6 nitrogen and oxygen atoms in total. The van der Waals surface area contributed by atoms with E-state index in [4.69, 9.17) is 4.74 Å². The van der Waals surface area contributed by atoms with Crippen molar-refractivity contribution in [1.82, 2.24) is 9.78 Å². The van der Waals surface area contributed by atoms with Gasteiger partial charge in [0, 0.05) is 24.5 Å². The third-order valence-electron chi connectivity index (χ3n) is 2.91. The minimum Gasteiger partial charge on any atom is -0.490 e. The molecule has 2 rings (SSSR count). The zero-order valence-electron chi connectivity index (χ0n) is 12.8. The molecule has 0 atom stereocenters. The van der Waals surface area contributed by atoms with Crippen LogP contribution in [0.3, 0.4) is 0 Å². The van der Waals surface area contributed by atoms with Gasteiger partial charge in [-0.05, 0) is 32.0 Å². The maximum atomic E-state index is 12.4. The first-order valence-electron chi connectivity index (χ1n) is 7.10. The number of rotatable bonds is 7. The van der Waals surface area contributed by atoms with Gasteiger partial charge < -0.3 is 14.8 Å². The smallest absolute Gasteiger partial charge is 0.387 e. The van der Waals surface area contributed by atoms with Crippen molar-refractivity contribution in [2.45, 2.75) is 27.0 Å². The fourth-order valence-electron chi connectivity index (χ4n) is 1.90. The fourth-order valence-corrected chi connectivity index (χ4v) is 1.90. The monoisotopic (exact) mass is 325 g/mol. The Hall–Kier alpha value is -2.64. The van der Waals surface area contributed by atoms with Gasteiger partial charge in [-0.2, -0.15) is 13.9 Å². The molecule has 0 saturated carbocycles. The van der Waals surface area contributed by atoms with E-state index >= 15 is 0 Å². The van der Waals surface area contributed by atoms with Crippen LogP contribution in [0.2, 0.25) is 0 Å². The summed E-state index contributed by atoms with van der Waals surface area (Å²) in [6.45, 7) is 1.60. The third-order valence-corrected chi connectivity index (χ3v) is 2.91. The molecule has 0 spiro atoms. The molecule has 1 heterocycles. The zero-order chi connectivity index (χ0) is 16.8. The van der Waals surface area contributed by atoms with Crippen LogP contribution >= 0.6 is 0 Å². The topological polar surface area (TPSA) is 65.4 Å². The van der Waals surface area contributed by atoms with Gasteiger partial charge in [-0.15, -0.1) is 0 Å². The first kappa shape index (κ1) is 16.7. The van der Waals surface area contributed by atoms with E-state index in [-0.39, 0.29) is 23.8 Å². The van der Waals surface area contributed by atoms with Crippen molar-refractivity contribution >= 4 is 11.6 Å². The highest BCUT2D eigenvalue weighted by Crippen LogP contribution is 2.31. The largest absolute Gasteiger partial charge is 0.490 e. The minimum absolute atomic E-state index is 0.0879. The predicted molar refractivity (Wildman–Crippen MR) is 80.1 cm³/mol. The van der Waals surface area contributed by atoms with Crippen LogP contribution in [0.4, 0.5) is 14.5 Å². The molecule has 0 aliphatic rings. The molecule has 0 fully saturated rings. The number of carbonyl (C=O) groups is 1. The lowest BCUT2D eigenvalue weighted by atomic mass is 10.2. The van der Waals surface area contributed by atoms with Gasteiger partial charge in [0.15, 0.2) is 17.2 Å². The van der Waals surface area contributed by atoms with Crippen molar-refractivity contribution in [3.8, 4) is 11.5 Å². The molecule has 23 heavy (non-hydrogen) atoms. The van der Waals surface area contributed by atoms with Crippen molar-refractivity contribution in [2.75, 3.05) is 11.9 Å². The van der Waals surface area contributed by atoms with Crippen LogP contribution in [0.5, 0.6) is 11.5 Å². The molecule has 0 aliphatic heterocycles. The number of nitrogens with zero attached hydrogens (tertiary/aromatic N) is 2. The van der Waals surface area contributed by atoms with Crippen molar-refractivity contribution in [2.24, 2.45) is 0 Å². The Bertz CT molecular complexity index is 674. The van der Waals surface area contributed by atoms with E-state index in [0.29, 0.717) is 12.2 Å². The summed E-state index contributed by atoms with van der Waals surface area (Å²) in [4.78, 5) is 12.1. The molecule has 8 heteroatoms. The number of aromatic nitrogens is 2. The molecule has 0 saturated heterocycles. The first-order valence-corrected chi connectivity index (χ1v) is 7.10. The van der Waals surface area contributed by atoms with Crippen LogP contribution < -0.4 is 14.8 Å². The van der Waals surface area contributed by atoms with Gasteiger partial charge in [0.25, 0.3) is 5.91 Å². The van der Waals surface area contributed by atoms with E-state index in [2.05, 4.69) is 15.2 Å². The van der Waals surface area contributed by atoms with Gasteiger partial charge in [-0.1, -0.05) is 0 Å². The lowest BCUT2D eigenvalue weighted by Gasteiger charge is -2.13. The highest BCUT2D eigenvalue weighted by molar-refractivity contribution is 6.02. The number of aryl methyl sites for hydroxylation is 1. The summed E-state index contributed by atoms with van der Waals surface area (Å²) >= 11 is 0. The number of nitrogens with one attached hydrogen (secondary N) is 1. The normalized spacial score (nSPS) is 10.7. The third kappa shape index (κ3) is 4.41. The number of benzene rings is 1. The van der Waals surface area contributed by atoms with Gasteiger partial charge in [0.1, 0.15) is 0 Å². The summed E-state index contributed by atoms with van der Waals surface area (Å²) in [6, 6.07) is 5.79. The van der Waals surface area contributed by atoms with Gasteiger partial charge in [0.05, 0.1) is 6.61 Å². The molecule has 1 aromatic carbocycles. The molecule has 1 aromatic heterocycles. The van der Waals surface area contributed by atoms with Crippen LogP contribution in [0.1, 0.15) is 24.3 Å². The Morgan fingerprint density at radius 2 is 2.09 bits per heavy atom. The van der Waals surface area contributed by atoms with Crippen LogP contribution in [0.25, 0.3) is 0 Å². The van der Waals surface area contributed by atoms with Crippen LogP contribution in [0.15, 0.2) is 30.5 Å². The quantitative estimate of drug-likeness (QED) is 0.849. The van der Waals surface area contributed by atoms with Gasteiger partial charge >= 0.3 is 6.61 Å². The van der Waals surface area contributed by atoms with Crippen LogP contribution in [0, 0.1) is 0 Å². The Labute approximate surface area is 132 Å². The lowest BCUT2D eigenvalue weighted by Crippen LogP contribution is -2.13. The Morgan fingerprint density at radius 3 is 2.70 bits per heavy atom. The van der Waals surface area contributed by atoms with E-state index in [1.807, 2.05) is 6.92 Å². The molecule has 1 N–H and O–H groups in total. The second-order valence-corrected chi connectivity index (χ2v) is 4.48. The second-order valence-electron chi connectivity index (χ2n) is 4.48. The van der Waals surface area contributed by atoms with Gasteiger partial charge in [-0.3, -0.25) is 9.48 Å². The Balaban J connectivity index is 2.15. The van der Waals surface area contributed by atoms with E-state index < -0.39 is 12.5 Å². The maximum absolute atomic E-state index is 12.4. The summed E-state index contributed by atoms with van der Waals surface area (Å²) in [6.07, 6.45) is 1.69. The number of hydrogen-bond acceptors (Lipinski definition) is 4. The SMILES string of the molecule is CCOc1cc(NC(=O)c2ccn(CC)n2)ccc1OC(F)F. The highest BCUT2D eigenvalue weighted by atomic mass is 19.3. The molecule has 0 aliphatic carbocycles. The van der Waals surface area contributed by atoms with Crippen molar-refractivity contribution in [1.29, 1.82) is 0 Å².